The molecule has 0 radical (unpaired) electrons. The van der Waals surface area contributed by atoms with Crippen molar-refractivity contribution >= 4 is 45.2 Å². The highest BCUT2D eigenvalue weighted by Gasteiger charge is 2.21. The molecule has 0 saturated carbocycles. The Labute approximate surface area is 233 Å². The number of hydrogen-bond donors (Lipinski definition) is 0. The van der Waals surface area contributed by atoms with Gasteiger partial charge in [0.25, 0.3) is 0 Å². The molecule has 0 atom stereocenters. The van der Waals surface area contributed by atoms with Crippen LogP contribution in [0.2, 0.25) is 0 Å². The van der Waals surface area contributed by atoms with E-state index in [4.69, 9.17) is 9.47 Å². The molecular formula is C28H24I3O2+. The molecule has 0 aliphatic heterocycles. The first-order valence-electron chi connectivity index (χ1n) is 10.5. The molecule has 2 nitrogen and oxygen atoms in total. The summed E-state index contributed by atoms with van der Waals surface area (Å²) in [6.45, 7) is 6.74. The predicted molar refractivity (Wildman–Crippen MR) is 147 cm³/mol. The van der Waals surface area contributed by atoms with Gasteiger partial charge in [-0.3, -0.25) is 0 Å². The molecule has 0 fully saturated rings. The molecular weight excluding hydrogens is 749 g/mol. The van der Waals surface area contributed by atoms with Crippen molar-refractivity contribution in [2.75, 3.05) is 0 Å². The van der Waals surface area contributed by atoms with Gasteiger partial charge in [0.2, 0.25) is 3.57 Å². The first kappa shape index (κ1) is 24.8. The molecule has 0 amide bonds. The fraction of sp³-hybridized carbons (Fsp3) is 0.143. The fourth-order valence-corrected chi connectivity index (χ4v) is 6.21. The first-order chi connectivity index (χ1) is 15.7. The van der Waals surface area contributed by atoms with Crippen LogP contribution in [-0.4, -0.2) is 0 Å². The zero-order chi connectivity index (χ0) is 23.4. The van der Waals surface area contributed by atoms with Crippen molar-refractivity contribution < 1.29 is 30.7 Å². The highest BCUT2D eigenvalue weighted by molar-refractivity contribution is 14.1. The Morgan fingerprint density at radius 1 is 0.545 bits per heavy atom. The Bertz CT molecular complexity index is 1140. The van der Waals surface area contributed by atoms with Gasteiger partial charge in [0.15, 0.2) is 3.57 Å². The third-order valence-electron chi connectivity index (χ3n) is 4.87. The number of ether oxygens (including phenoxy) is 2. The van der Waals surface area contributed by atoms with Crippen LogP contribution < -0.4 is 30.7 Å². The predicted octanol–water partition coefficient (Wildman–Crippen LogP) is 5.91. The van der Waals surface area contributed by atoms with Crippen LogP contribution in [0, 0.1) is 14.3 Å². The summed E-state index contributed by atoms with van der Waals surface area (Å²) >= 11 is 4.22. The molecule has 0 saturated heterocycles. The van der Waals surface area contributed by atoms with Crippen LogP contribution in [0.15, 0.2) is 91.0 Å². The number of halogens is 3. The summed E-state index contributed by atoms with van der Waals surface area (Å²) in [6, 6.07) is 31.5. The average molecular weight is 773 g/mol. The topological polar surface area (TPSA) is 18.5 Å². The van der Waals surface area contributed by atoms with Gasteiger partial charge in [-0.25, -0.2) is 0 Å². The zero-order valence-electron chi connectivity index (χ0n) is 18.6. The minimum atomic E-state index is -0.380. The van der Waals surface area contributed by atoms with Crippen LogP contribution in [0.3, 0.4) is 0 Å². The summed E-state index contributed by atoms with van der Waals surface area (Å²) in [4.78, 5) is 0. The van der Waals surface area contributed by atoms with Crippen LogP contribution in [0.1, 0.15) is 26.3 Å². The Morgan fingerprint density at radius 3 is 1.42 bits per heavy atom. The van der Waals surface area contributed by atoms with Gasteiger partial charge in [-0.1, -0.05) is 32.9 Å². The molecule has 0 spiro atoms. The van der Waals surface area contributed by atoms with Gasteiger partial charge in [0.1, 0.15) is 23.0 Å². The van der Waals surface area contributed by atoms with Crippen molar-refractivity contribution in [3.63, 3.8) is 0 Å². The summed E-state index contributed by atoms with van der Waals surface area (Å²) in [6.07, 6.45) is 0. The van der Waals surface area contributed by atoms with Crippen molar-refractivity contribution in [2.24, 2.45) is 0 Å². The Morgan fingerprint density at radius 2 is 1.00 bits per heavy atom. The number of hydrogen-bond acceptors (Lipinski definition) is 2. The molecule has 0 heterocycles. The van der Waals surface area contributed by atoms with E-state index in [1.165, 1.54) is 19.8 Å². The second kappa shape index (κ2) is 10.9. The molecule has 168 valence electrons. The van der Waals surface area contributed by atoms with Crippen molar-refractivity contribution in [3.8, 4) is 23.0 Å². The smallest absolute Gasteiger partial charge is 0.358 e. The van der Waals surface area contributed by atoms with Gasteiger partial charge in [-0.05, 0) is 117 Å². The highest BCUT2D eigenvalue weighted by Crippen LogP contribution is 2.29. The van der Waals surface area contributed by atoms with Crippen molar-refractivity contribution in [1.82, 2.24) is 0 Å². The summed E-state index contributed by atoms with van der Waals surface area (Å²) in [5.41, 5.74) is 1.51. The quantitative estimate of drug-likeness (QED) is 0.228. The summed E-state index contributed by atoms with van der Waals surface area (Å²) in [5.74, 6) is 3.22. The van der Waals surface area contributed by atoms with E-state index in [2.05, 4.69) is 102 Å². The third kappa shape index (κ3) is 7.32. The van der Waals surface area contributed by atoms with Gasteiger partial charge < -0.3 is 9.47 Å². The molecule has 4 rings (SSSR count). The maximum atomic E-state index is 6.21. The SMILES string of the molecule is CC(C)(C)c1ccc([I+]c2cc(Oc3ccc(I)cc3)cc(Oc3ccc(I)cc3)c2)cc1. The Balaban J connectivity index is 1.62. The average Bonchev–Trinajstić information content (AvgIpc) is 2.77. The van der Waals surface area contributed by atoms with Gasteiger partial charge >= 0.3 is 21.2 Å². The minimum Gasteiger partial charge on any atom is -0.457 e. The van der Waals surface area contributed by atoms with Crippen LogP contribution >= 0.6 is 45.2 Å². The van der Waals surface area contributed by atoms with E-state index >= 15 is 0 Å². The highest BCUT2D eigenvalue weighted by atomic mass is 127. The van der Waals surface area contributed by atoms with E-state index < -0.39 is 0 Å². The van der Waals surface area contributed by atoms with Crippen LogP contribution in [0.4, 0.5) is 0 Å². The molecule has 0 N–H and O–H groups in total. The van der Waals surface area contributed by atoms with Crippen molar-refractivity contribution in [3.05, 3.63) is 111 Å². The molecule has 0 unspecified atom stereocenters. The van der Waals surface area contributed by atoms with Crippen molar-refractivity contribution in [1.29, 1.82) is 0 Å². The summed E-state index contributed by atoms with van der Waals surface area (Å²) < 4.78 is 17.4. The Hall–Kier alpha value is -1.33. The molecule has 0 aliphatic carbocycles. The maximum Gasteiger partial charge on any atom is 0.358 e. The number of benzene rings is 4. The standard InChI is InChI=1S/C28H24I3O2/c1-28(2,3)19-4-10-22(11-5-19)31-23-16-26(32-24-12-6-20(29)7-13-24)18-27(17-23)33-25-14-8-21(30)9-15-25/h4-18H,1-3H3/q+1. The van der Waals surface area contributed by atoms with Crippen LogP contribution in [0.5, 0.6) is 23.0 Å². The van der Waals surface area contributed by atoms with Gasteiger partial charge in [0, 0.05) is 25.3 Å². The van der Waals surface area contributed by atoms with Gasteiger partial charge in [-0.2, -0.15) is 0 Å². The fourth-order valence-electron chi connectivity index (χ4n) is 3.13. The second-order valence-electron chi connectivity index (χ2n) is 8.59. The largest absolute Gasteiger partial charge is 0.457 e. The van der Waals surface area contributed by atoms with E-state index in [1.807, 2.05) is 54.6 Å². The van der Waals surface area contributed by atoms with E-state index in [9.17, 15) is 0 Å². The van der Waals surface area contributed by atoms with Crippen LogP contribution in [-0.2, 0) is 5.41 Å². The molecule has 33 heavy (non-hydrogen) atoms. The lowest BCUT2D eigenvalue weighted by Crippen LogP contribution is -3.61. The maximum absolute atomic E-state index is 6.21. The molecule has 5 heteroatoms. The molecule has 4 aromatic carbocycles. The van der Waals surface area contributed by atoms with Crippen LogP contribution in [0.25, 0.3) is 0 Å². The van der Waals surface area contributed by atoms with E-state index in [0.29, 0.717) is 0 Å². The number of rotatable bonds is 6. The molecule has 4 aromatic rings. The minimum absolute atomic E-state index is 0.159. The molecule has 0 bridgehead atoms. The summed E-state index contributed by atoms with van der Waals surface area (Å²) in [7, 11) is 0. The first-order valence-corrected chi connectivity index (χ1v) is 14.8. The van der Waals surface area contributed by atoms with E-state index in [1.54, 1.807) is 0 Å². The van der Waals surface area contributed by atoms with Crippen molar-refractivity contribution in [2.45, 2.75) is 26.2 Å². The zero-order valence-corrected chi connectivity index (χ0v) is 25.1. The lowest BCUT2D eigenvalue weighted by atomic mass is 9.87. The lowest BCUT2D eigenvalue weighted by Gasteiger charge is -2.18. The van der Waals surface area contributed by atoms with E-state index in [0.717, 1.165) is 23.0 Å². The Kier molecular flexibility index (Phi) is 8.22. The van der Waals surface area contributed by atoms with Gasteiger partial charge in [-0.15, -0.1) is 0 Å². The molecule has 0 aliphatic rings. The normalized spacial score (nSPS) is 11.3. The molecule has 0 aromatic heterocycles. The van der Waals surface area contributed by atoms with E-state index in [-0.39, 0.29) is 26.6 Å². The monoisotopic (exact) mass is 773 g/mol. The summed E-state index contributed by atoms with van der Waals surface area (Å²) in [5, 5.41) is 0. The second-order valence-corrected chi connectivity index (χ2v) is 14.1. The van der Waals surface area contributed by atoms with Gasteiger partial charge in [0.05, 0.1) is 0 Å². The third-order valence-corrected chi connectivity index (χ3v) is 8.90. The lowest BCUT2D eigenvalue weighted by molar-refractivity contribution is -0.597.